The van der Waals surface area contributed by atoms with Gasteiger partial charge in [-0.15, -0.1) is 0 Å². The molecule has 4 aromatic heterocycles. The molecule has 0 spiro atoms. The molecule has 0 aliphatic carbocycles. The molecule has 4 heterocycles. The van der Waals surface area contributed by atoms with E-state index in [-0.39, 0.29) is 0 Å². The predicted octanol–water partition coefficient (Wildman–Crippen LogP) is 10.0. The van der Waals surface area contributed by atoms with E-state index in [0.717, 1.165) is 71.9 Å². The summed E-state index contributed by atoms with van der Waals surface area (Å²) in [5.74, 6) is 1.88. The van der Waals surface area contributed by atoms with Gasteiger partial charge in [0.1, 0.15) is 5.58 Å². The van der Waals surface area contributed by atoms with Crippen molar-refractivity contribution < 1.29 is 4.42 Å². The third-order valence-corrected chi connectivity index (χ3v) is 8.44. The van der Waals surface area contributed by atoms with E-state index in [1.54, 1.807) is 6.20 Å². The number of fused-ring (bicyclic) bond motifs is 4. The number of hydrogen-bond acceptors (Lipinski definition) is 6. The second-order valence-corrected chi connectivity index (χ2v) is 11.3. The molecule has 5 aromatic carbocycles. The fraction of sp³-hybridized carbons (Fsp3) is 0. The maximum Gasteiger partial charge on any atom is 0.164 e. The molecule has 0 aliphatic rings. The van der Waals surface area contributed by atoms with Crippen molar-refractivity contribution >= 4 is 32.8 Å². The monoisotopic (exact) mass is 603 g/mol. The van der Waals surface area contributed by atoms with Crippen LogP contribution in [0.5, 0.6) is 0 Å². The summed E-state index contributed by atoms with van der Waals surface area (Å²) < 4.78 is 6.03. The van der Waals surface area contributed by atoms with Gasteiger partial charge in [0.15, 0.2) is 23.1 Å². The first kappa shape index (κ1) is 26.8. The van der Waals surface area contributed by atoms with Crippen molar-refractivity contribution in [2.75, 3.05) is 0 Å². The molecule has 0 amide bonds. The molecule has 0 aliphatic heterocycles. The Hall–Kier alpha value is -6.53. The molecule has 0 bridgehead atoms. The average Bonchev–Trinajstić information content (AvgIpc) is 3.53. The zero-order valence-corrected chi connectivity index (χ0v) is 25.1. The zero-order valence-electron chi connectivity index (χ0n) is 25.1. The maximum atomic E-state index is 6.03. The van der Waals surface area contributed by atoms with Gasteiger partial charge in [0, 0.05) is 44.6 Å². The lowest BCUT2D eigenvalue weighted by molar-refractivity contribution is 0.667. The molecular weight excluding hydrogens is 578 g/mol. The van der Waals surface area contributed by atoms with Crippen LogP contribution in [-0.4, -0.2) is 24.9 Å². The van der Waals surface area contributed by atoms with Crippen LogP contribution >= 0.6 is 0 Å². The van der Waals surface area contributed by atoms with Crippen LogP contribution in [0.15, 0.2) is 156 Å². The van der Waals surface area contributed by atoms with Crippen LogP contribution in [0.2, 0.25) is 0 Å². The number of furan rings is 1. The van der Waals surface area contributed by atoms with Crippen molar-refractivity contribution in [3.63, 3.8) is 0 Å². The Morgan fingerprint density at radius 1 is 0.404 bits per heavy atom. The summed E-state index contributed by atoms with van der Waals surface area (Å²) in [4.78, 5) is 24.4. The molecule has 0 saturated carbocycles. The first-order valence-electron chi connectivity index (χ1n) is 15.4. The Labute approximate surface area is 270 Å². The molecule has 220 valence electrons. The van der Waals surface area contributed by atoms with Gasteiger partial charge in [0.05, 0.1) is 17.4 Å². The number of rotatable bonds is 5. The third-order valence-electron chi connectivity index (χ3n) is 8.44. The Morgan fingerprint density at radius 3 is 1.79 bits per heavy atom. The fourth-order valence-corrected chi connectivity index (χ4v) is 6.18. The van der Waals surface area contributed by atoms with Crippen LogP contribution in [0.25, 0.3) is 89.4 Å². The topological polar surface area (TPSA) is 77.6 Å². The molecule has 6 nitrogen and oxygen atoms in total. The van der Waals surface area contributed by atoms with E-state index in [1.165, 1.54) is 0 Å². The Kier molecular flexibility index (Phi) is 6.35. The average molecular weight is 604 g/mol. The minimum Gasteiger partial charge on any atom is -0.454 e. The minimum atomic E-state index is 0.614. The van der Waals surface area contributed by atoms with Crippen molar-refractivity contribution in [2.24, 2.45) is 0 Å². The summed E-state index contributed by atoms with van der Waals surface area (Å²) >= 11 is 0. The molecule has 0 fully saturated rings. The summed E-state index contributed by atoms with van der Waals surface area (Å²) in [6.07, 6.45) is 3.67. The largest absolute Gasteiger partial charge is 0.454 e. The van der Waals surface area contributed by atoms with Crippen molar-refractivity contribution in [3.05, 3.63) is 152 Å². The van der Waals surface area contributed by atoms with Crippen LogP contribution in [0.4, 0.5) is 0 Å². The molecule has 0 unspecified atom stereocenters. The molecule has 9 aromatic rings. The highest BCUT2D eigenvalue weighted by Gasteiger charge is 2.16. The first-order chi connectivity index (χ1) is 23.3. The maximum absolute atomic E-state index is 6.03. The van der Waals surface area contributed by atoms with Crippen LogP contribution in [0, 0.1) is 0 Å². The summed E-state index contributed by atoms with van der Waals surface area (Å²) in [7, 11) is 0. The highest BCUT2D eigenvalue weighted by Crippen LogP contribution is 2.36. The Morgan fingerprint density at radius 2 is 1.02 bits per heavy atom. The van der Waals surface area contributed by atoms with Gasteiger partial charge in [-0.2, -0.15) is 0 Å². The molecule has 0 atom stereocenters. The smallest absolute Gasteiger partial charge is 0.164 e. The lowest BCUT2D eigenvalue weighted by atomic mass is 9.96. The number of pyridine rings is 2. The highest BCUT2D eigenvalue weighted by molar-refractivity contribution is 6.07. The van der Waals surface area contributed by atoms with E-state index in [4.69, 9.17) is 29.3 Å². The van der Waals surface area contributed by atoms with Gasteiger partial charge in [-0.05, 0) is 35.4 Å². The normalized spacial score (nSPS) is 11.4. The molecule has 9 rings (SSSR count). The quantitative estimate of drug-likeness (QED) is 0.195. The van der Waals surface area contributed by atoms with Gasteiger partial charge in [-0.3, -0.25) is 9.97 Å². The van der Waals surface area contributed by atoms with E-state index < -0.39 is 0 Å². The second kappa shape index (κ2) is 11.1. The van der Waals surface area contributed by atoms with Gasteiger partial charge in [0.25, 0.3) is 0 Å². The Bertz CT molecular complexity index is 2520. The molecule has 0 saturated heterocycles. The molecule has 0 radical (unpaired) electrons. The van der Waals surface area contributed by atoms with Gasteiger partial charge >= 0.3 is 0 Å². The highest BCUT2D eigenvalue weighted by atomic mass is 16.3. The van der Waals surface area contributed by atoms with Crippen molar-refractivity contribution in [3.8, 4) is 56.5 Å². The Balaban J connectivity index is 1.17. The van der Waals surface area contributed by atoms with Gasteiger partial charge < -0.3 is 4.42 Å². The molecule has 6 heteroatoms. The minimum absolute atomic E-state index is 0.614. The number of nitrogens with zero attached hydrogens (tertiary/aromatic N) is 5. The van der Waals surface area contributed by atoms with Crippen LogP contribution in [0.3, 0.4) is 0 Å². The van der Waals surface area contributed by atoms with Crippen LogP contribution in [0.1, 0.15) is 0 Å². The zero-order chi connectivity index (χ0) is 31.2. The SMILES string of the molecule is c1ccc(-c2nc(-c3ccccc3)nc(-c3cccc(-c4ccnc5c(-c6cc7c(cn6)oc6ccccc67)cccc45)c3)n2)cc1. The summed E-state index contributed by atoms with van der Waals surface area (Å²) in [5, 5.41) is 3.14. The van der Waals surface area contributed by atoms with Gasteiger partial charge in [-0.1, -0.05) is 115 Å². The number of aromatic nitrogens is 5. The molecule has 0 N–H and O–H groups in total. The van der Waals surface area contributed by atoms with E-state index >= 15 is 0 Å². The molecule has 47 heavy (non-hydrogen) atoms. The first-order valence-corrected chi connectivity index (χ1v) is 15.4. The van der Waals surface area contributed by atoms with Crippen molar-refractivity contribution in [2.45, 2.75) is 0 Å². The number of para-hydroxylation sites is 2. The van der Waals surface area contributed by atoms with Crippen molar-refractivity contribution in [1.29, 1.82) is 0 Å². The number of benzene rings is 5. The van der Waals surface area contributed by atoms with Gasteiger partial charge in [0.2, 0.25) is 0 Å². The van der Waals surface area contributed by atoms with Crippen LogP contribution < -0.4 is 0 Å². The van der Waals surface area contributed by atoms with E-state index in [0.29, 0.717) is 17.5 Å². The summed E-state index contributed by atoms with van der Waals surface area (Å²) in [6, 6.07) is 46.9. The lowest BCUT2D eigenvalue weighted by Gasteiger charge is -2.12. The van der Waals surface area contributed by atoms with Crippen molar-refractivity contribution in [1.82, 2.24) is 24.9 Å². The van der Waals surface area contributed by atoms with E-state index in [2.05, 4.69) is 54.6 Å². The second-order valence-electron chi connectivity index (χ2n) is 11.3. The van der Waals surface area contributed by atoms with Crippen LogP contribution in [-0.2, 0) is 0 Å². The summed E-state index contributed by atoms with van der Waals surface area (Å²) in [6.45, 7) is 0. The summed E-state index contributed by atoms with van der Waals surface area (Å²) in [5.41, 5.74) is 9.19. The standard InChI is InChI=1S/C41H25N5O/c1-3-11-26(12-4-1)39-44-40(27-13-5-2-6-14-27)46-41(45-39)29-16-9-15-28(23-29)30-21-22-42-38-32(30)18-10-19-33(38)35-24-34-31-17-7-8-20-36(31)47-37(34)25-43-35/h1-25H. The van der Waals surface area contributed by atoms with E-state index in [1.807, 2.05) is 91.1 Å². The molecular formula is C41H25N5O. The van der Waals surface area contributed by atoms with E-state index in [9.17, 15) is 0 Å². The lowest BCUT2D eigenvalue weighted by Crippen LogP contribution is -2.00. The number of hydrogen-bond donors (Lipinski definition) is 0. The van der Waals surface area contributed by atoms with Gasteiger partial charge in [-0.25, -0.2) is 15.0 Å². The predicted molar refractivity (Wildman–Crippen MR) is 187 cm³/mol. The third kappa shape index (κ3) is 4.80. The fourth-order valence-electron chi connectivity index (χ4n) is 6.18.